The van der Waals surface area contributed by atoms with Gasteiger partial charge in [0.1, 0.15) is 23.2 Å². The first-order chi connectivity index (χ1) is 19.8. The third-order valence-corrected chi connectivity index (χ3v) is 6.19. The number of hydrogen-bond acceptors (Lipinski definition) is 8. The molecule has 0 unspecified atom stereocenters. The quantitative estimate of drug-likeness (QED) is 0.0836. The van der Waals surface area contributed by atoms with Crippen LogP contribution in [-0.2, 0) is 9.59 Å². The van der Waals surface area contributed by atoms with E-state index >= 15 is 4.39 Å². The highest BCUT2D eigenvalue weighted by atomic mass is 19.1. The summed E-state index contributed by atoms with van der Waals surface area (Å²) in [6.45, 7) is 1.56. The van der Waals surface area contributed by atoms with Gasteiger partial charge in [0.15, 0.2) is 23.6 Å². The van der Waals surface area contributed by atoms with Gasteiger partial charge in [-0.05, 0) is 49.4 Å². The van der Waals surface area contributed by atoms with Crippen LogP contribution in [0.1, 0.15) is 6.92 Å². The van der Waals surface area contributed by atoms with E-state index in [2.05, 4.69) is 25.8 Å². The van der Waals surface area contributed by atoms with Gasteiger partial charge < -0.3 is 10.1 Å². The normalized spacial score (nSPS) is 11.5. The van der Waals surface area contributed by atoms with Gasteiger partial charge in [0.25, 0.3) is 5.91 Å². The molecule has 0 aliphatic rings. The molecule has 5 rings (SSSR count). The van der Waals surface area contributed by atoms with E-state index in [9.17, 15) is 14.0 Å². The summed E-state index contributed by atoms with van der Waals surface area (Å²) in [6.07, 6.45) is 8.40. The van der Waals surface area contributed by atoms with Gasteiger partial charge in [-0.25, -0.2) is 23.3 Å². The largest absolute Gasteiger partial charge is 0.452 e. The zero-order valence-corrected chi connectivity index (χ0v) is 21.9. The van der Waals surface area contributed by atoms with Crippen LogP contribution in [-0.4, -0.2) is 43.8 Å². The molecule has 0 saturated heterocycles. The highest BCUT2D eigenvalue weighted by Gasteiger charge is 2.18. The minimum atomic E-state index is -0.739. The second kappa shape index (κ2) is 11.6. The van der Waals surface area contributed by atoms with Gasteiger partial charge in [0, 0.05) is 60.3 Å². The second-order valence-corrected chi connectivity index (χ2v) is 8.84. The first-order valence-electron chi connectivity index (χ1n) is 12.3. The molecule has 206 valence electrons. The molecule has 5 aromatic rings. The zero-order chi connectivity index (χ0) is 28.9. The summed E-state index contributed by atoms with van der Waals surface area (Å²) in [4.78, 5) is 32.8. The molecule has 0 atom stereocenters. The van der Waals surface area contributed by atoms with Crippen molar-refractivity contribution in [2.24, 2.45) is 0 Å². The smallest absolute Gasteiger partial charge is 0.260 e. The maximum atomic E-state index is 15.1. The summed E-state index contributed by atoms with van der Waals surface area (Å²) < 4.78 is 35.8. The van der Waals surface area contributed by atoms with Crippen LogP contribution in [0.5, 0.6) is 11.5 Å². The number of halogens is 2. The van der Waals surface area contributed by atoms with Gasteiger partial charge in [0.05, 0.1) is 11.9 Å². The van der Waals surface area contributed by atoms with Crippen molar-refractivity contribution in [3.8, 4) is 22.6 Å². The van der Waals surface area contributed by atoms with Crippen molar-refractivity contribution in [3.05, 3.63) is 109 Å². The van der Waals surface area contributed by atoms with E-state index in [4.69, 9.17) is 4.74 Å². The van der Waals surface area contributed by atoms with Crippen molar-refractivity contribution < 1.29 is 23.1 Å². The second-order valence-electron chi connectivity index (χ2n) is 8.84. The molecule has 2 aromatic carbocycles. The summed E-state index contributed by atoms with van der Waals surface area (Å²) >= 11 is 0. The van der Waals surface area contributed by atoms with E-state index in [1.54, 1.807) is 43.1 Å². The number of ether oxygens (including phenoxy) is 1. The molecule has 0 spiro atoms. The Morgan fingerprint density at radius 2 is 1.73 bits per heavy atom. The number of anilines is 2. The van der Waals surface area contributed by atoms with Gasteiger partial charge >= 0.3 is 0 Å². The van der Waals surface area contributed by atoms with E-state index in [1.807, 2.05) is 6.07 Å². The lowest BCUT2D eigenvalue weighted by molar-refractivity contribution is -0.115. The number of fused-ring (bicyclic) bond motifs is 1. The van der Waals surface area contributed by atoms with Crippen molar-refractivity contribution in [1.82, 2.24) is 24.6 Å². The van der Waals surface area contributed by atoms with Crippen LogP contribution >= 0.6 is 0 Å². The number of amides is 1. The van der Waals surface area contributed by atoms with Crippen molar-refractivity contribution in [2.45, 2.75) is 6.92 Å². The number of hydrazine groups is 1. The molecule has 1 amide bonds. The van der Waals surface area contributed by atoms with Crippen molar-refractivity contribution in [2.75, 3.05) is 17.8 Å². The maximum Gasteiger partial charge on any atom is 0.260 e. The number of carbonyl (C=O) groups is 2. The molecule has 0 saturated carbocycles. The molecule has 10 nitrogen and oxygen atoms in total. The topological polar surface area (TPSA) is 114 Å². The summed E-state index contributed by atoms with van der Waals surface area (Å²) in [6, 6.07) is 12.9. The average molecular weight is 556 g/mol. The molecule has 0 bridgehead atoms. The molecule has 12 heteroatoms. The number of aromatic nitrogens is 4. The lowest BCUT2D eigenvalue weighted by Gasteiger charge is -2.23. The van der Waals surface area contributed by atoms with Crippen LogP contribution in [0.25, 0.3) is 16.6 Å². The Kier molecular flexibility index (Phi) is 7.63. The fourth-order valence-electron chi connectivity index (χ4n) is 4.03. The van der Waals surface area contributed by atoms with Crippen molar-refractivity contribution >= 4 is 29.1 Å². The van der Waals surface area contributed by atoms with E-state index in [1.165, 1.54) is 53.9 Å². The Balaban J connectivity index is 1.34. The highest BCUT2D eigenvalue weighted by molar-refractivity contribution is 6.17. The van der Waals surface area contributed by atoms with Crippen LogP contribution in [0, 0.1) is 11.6 Å². The minimum absolute atomic E-state index is 0.0851. The SMILES string of the molecule is C/C(=C(/C=O)C(=O)Nc1ccc(Oc2ccnn3ccc(-c4cncnc4)c23)c(F)c1)N(C)Nc1ccc(F)cc1. The fraction of sp³-hybridized carbons (Fsp3) is 0.0690. The summed E-state index contributed by atoms with van der Waals surface area (Å²) in [5.74, 6) is -1.61. The first kappa shape index (κ1) is 26.9. The molecule has 0 radical (unpaired) electrons. The molecule has 3 aromatic heterocycles. The number of benzene rings is 2. The molecule has 0 aliphatic carbocycles. The summed E-state index contributed by atoms with van der Waals surface area (Å²) in [7, 11) is 1.60. The van der Waals surface area contributed by atoms with E-state index in [0.717, 1.165) is 17.2 Å². The average Bonchev–Trinajstić information content (AvgIpc) is 3.42. The Hall–Kier alpha value is -5.65. The van der Waals surface area contributed by atoms with E-state index in [-0.39, 0.29) is 22.7 Å². The number of rotatable bonds is 9. The lowest BCUT2D eigenvalue weighted by Crippen LogP contribution is -2.28. The van der Waals surface area contributed by atoms with Gasteiger partial charge in [-0.2, -0.15) is 5.10 Å². The number of nitrogens with zero attached hydrogens (tertiary/aromatic N) is 5. The molecular formula is C29H23F2N7O3. The van der Waals surface area contributed by atoms with Crippen LogP contribution in [0.15, 0.2) is 97.0 Å². The first-order valence-corrected chi connectivity index (χ1v) is 12.3. The third-order valence-electron chi connectivity index (χ3n) is 6.19. The maximum absolute atomic E-state index is 15.1. The standard InChI is InChI=1S/C29H23F2N7O3/c1-18(37(2)36-21-5-3-20(30)4-6-21)24(16-39)29(40)35-22-7-8-26(25(31)13-22)41-27-9-11-34-38-12-10-23(28(27)38)19-14-32-17-33-15-19/h3-17,36H,1-2H3,(H,35,40)/b24-18+. The van der Waals surface area contributed by atoms with E-state index < -0.39 is 17.5 Å². The van der Waals surface area contributed by atoms with Crippen LogP contribution in [0.2, 0.25) is 0 Å². The zero-order valence-electron chi connectivity index (χ0n) is 21.9. The number of hydrogen-bond donors (Lipinski definition) is 2. The van der Waals surface area contributed by atoms with Gasteiger partial charge in [0.2, 0.25) is 0 Å². The van der Waals surface area contributed by atoms with Crippen molar-refractivity contribution in [3.63, 3.8) is 0 Å². The monoisotopic (exact) mass is 555 g/mol. The highest BCUT2D eigenvalue weighted by Crippen LogP contribution is 2.35. The Bertz CT molecular complexity index is 1760. The van der Waals surface area contributed by atoms with Crippen LogP contribution in [0.3, 0.4) is 0 Å². The Morgan fingerprint density at radius 1 is 1.00 bits per heavy atom. The molecule has 0 aliphatic heterocycles. The Morgan fingerprint density at radius 3 is 2.44 bits per heavy atom. The summed E-state index contributed by atoms with van der Waals surface area (Å²) in [5, 5.41) is 8.25. The Labute approximate surface area is 232 Å². The minimum Gasteiger partial charge on any atom is -0.452 e. The lowest BCUT2D eigenvalue weighted by atomic mass is 10.1. The molecule has 0 fully saturated rings. The summed E-state index contributed by atoms with van der Waals surface area (Å²) in [5.41, 5.74) is 5.79. The van der Waals surface area contributed by atoms with Crippen LogP contribution < -0.4 is 15.5 Å². The molecule has 2 N–H and O–H groups in total. The van der Waals surface area contributed by atoms with Gasteiger partial charge in [-0.1, -0.05) is 0 Å². The number of allylic oxidation sites excluding steroid dienone is 1. The van der Waals surface area contributed by atoms with Crippen molar-refractivity contribution in [1.29, 1.82) is 0 Å². The fourth-order valence-corrected chi connectivity index (χ4v) is 4.03. The molecular weight excluding hydrogens is 532 g/mol. The molecule has 3 heterocycles. The number of nitrogens with one attached hydrogen (secondary N) is 2. The predicted octanol–water partition coefficient (Wildman–Crippen LogP) is 5.23. The number of carbonyl (C=O) groups excluding carboxylic acids is 2. The predicted molar refractivity (Wildman–Crippen MR) is 148 cm³/mol. The van der Waals surface area contributed by atoms with Gasteiger partial charge in [-0.15, -0.1) is 0 Å². The number of aldehydes is 1. The third kappa shape index (κ3) is 5.86. The van der Waals surface area contributed by atoms with E-state index in [0.29, 0.717) is 23.2 Å². The molecule has 41 heavy (non-hydrogen) atoms. The van der Waals surface area contributed by atoms with Crippen LogP contribution in [0.4, 0.5) is 20.2 Å². The van der Waals surface area contributed by atoms with Gasteiger partial charge in [-0.3, -0.25) is 20.0 Å².